The van der Waals surface area contributed by atoms with Crippen molar-refractivity contribution in [3.05, 3.63) is 88.4 Å². The molecule has 2 aromatic carbocycles. The molecule has 3 unspecified atom stereocenters. The zero-order valence-electron chi connectivity index (χ0n) is 27.2. The minimum absolute atomic E-state index is 0.00626. The fourth-order valence-corrected chi connectivity index (χ4v) is 9.57. The number of nitrogens with zero attached hydrogens (tertiary/aromatic N) is 4. The summed E-state index contributed by atoms with van der Waals surface area (Å²) < 4.78 is 6.96. The number of aromatic nitrogens is 3. The number of thioether (sulfide) groups is 2. The van der Waals surface area contributed by atoms with Crippen LogP contribution >= 0.6 is 46.2 Å². The number of hydrogen-bond acceptors (Lipinski definition) is 15. The molecular formula is C32H29N9O8S4. The maximum Gasteiger partial charge on any atom is 0.327 e. The summed E-state index contributed by atoms with van der Waals surface area (Å²) in [7, 11) is 0. The number of carbonyl (C=O) groups is 7. The lowest BCUT2D eigenvalue weighted by Gasteiger charge is -2.54. The molecule has 0 bridgehead atoms. The number of thiazole rings is 1. The molecule has 0 aliphatic carbocycles. The molecule has 21 heteroatoms. The first-order chi connectivity index (χ1) is 25.7. The maximum absolute atomic E-state index is 14.4. The van der Waals surface area contributed by atoms with Gasteiger partial charge in [0, 0.05) is 23.4 Å². The maximum atomic E-state index is 14.4. The van der Waals surface area contributed by atoms with Gasteiger partial charge in [-0.1, -0.05) is 83.8 Å². The van der Waals surface area contributed by atoms with Crippen molar-refractivity contribution in [1.82, 2.24) is 41.6 Å². The fraction of sp³-hybridized carbons (Fsp3) is 0.250. The quantitative estimate of drug-likeness (QED) is 0.0283. The third-order valence-corrected chi connectivity index (χ3v) is 12.6. The van der Waals surface area contributed by atoms with Crippen LogP contribution in [0.2, 0.25) is 0 Å². The number of rotatable bonds is 15. The highest BCUT2D eigenvalue weighted by molar-refractivity contribution is 8.01. The van der Waals surface area contributed by atoms with E-state index >= 15 is 0 Å². The van der Waals surface area contributed by atoms with E-state index in [2.05, 4.69) is 31.1 Å². The van der Waals surface area contributed by atoms with E-state index in [-0.39, 0.29) is 35.3 Å². The Bertz CT molecular complexity index is 1930. The van der Waals surface area contributed by atoms with Gasteiger partial charge in [-0.3, -0.25) is 44.4 Å². The summed E-state index contributed by atoms with van der Waals surface area (Å²) in [5.74, 6) is -3.96. The molecule has 0 spiro atoms. The van der Waals surface area contributed by atoms with E-state index < -0.39 is 58.6 Å². The largest absolute Gasteiger partial charge is 0.452 e. The van der Waals surface area contributed by atoms with Crippen LogP contribution in [-0.4, -0.2) is 92.0 Å². The minimum Gasteiger partial charge on any atom is -0.452 e. The van der Waals surface area contributed by atoms with Crippen molar-refractivity contribution in [3.8, 4) is 0 Å². The van der Waals surface area contributed by atoms with Crippen LogP contribution in [0.4, 0.5) is 5.13 Å². The van der Waals surface area contributed by atoms with Crippen LogP contribution in [-0.2, 0) is 38.3 Å². The van der Waals surface area contributed by atoms with E-state index in [0.717, 1.165) is 22.5 Å². The van der Waals surface area contributed by atoms with Gasteiger partial charge in [-0.25, -0.2) is 4.98 Å². The highest BCUT2D eigenvalue weighted by Gasteiger charge is 2.58. The molecule has 2 saturated heterocycles. The van der Waals surface area contributed by atoms with Crippen LogP contribution in [0, 0.1) is 5.41 Å². The Morgan fingerprint density at radius 2 is 1.72 bits per heavy atom. The summed E-state index contributed by atoms with van der Waals surface area (Å²) in [6.07, 6.45) is -0.203. The number of hydrazine groups is 1. The molecule has 2 aliphatic heterocycles. The molecule has 0 radical (unpaired) electrons. The molecule has 6 rings (SSSR count). The Balaban J connectivity index is 1.20. The van der Waals surface area contributed by atoms with Gasteiger partial charge in [-0.2, -0.15) is 0 Å². The Morgan fingerprint density at radius 3 is 2.36 bits per heavy atom. The van der Waals surface area contributed by atoms with Gasteiger partial charge in [0.1, 0.15) is 22.3 Å². The summed E-state index contributed by atoms with van der Waals surface area (Å²) >= 11 is 4.90. The third kappa shape index (κ3) is 8.48. The van der Waals surface area contributed by atoms with Crippen molar-refractivity contribution in [2.75, 3.05) is 23.4 Å². The first-order valence-corrected chi connectivity index (χ1v) is 19.4. The number of hydrogen-bond donors (Lipinski definition) is 5. The molecule has 4 atom stereocenters. The van der Waals surface area contributed by atoms with Crippen molar-refractivity contribution in [1.29, 1.82) is 0 Å². The molecule has 4 heterocycles. The highest BCUT2D eigenvalue weighted by Crippen LogP contribution is 2.46. The monoisotopic (exact) mass is 795 g/mol. The van der Waals surface area contributed by atoms with Crippen molar-refractivity contribution in [3.63, 3.8) is 0 Å². The Kier molecular flexibility index (Phi) is 12.0. The van der Waals surface area contributed by atoms with Crippen LogP contribution < -0.4 is 26.8 Å². The Hall–Kier alpha value is -5.38. The number of benzene rings is 2. The molecule has 2 aliphatic rings. The molecule has 4 aromatic rings. The Morgan fingerprint density at radius 1 is 1.00 bits per heavy atom. The fourth-order valence-electron chi connectivity index (χ4n) is 5.53. The van der Waals surface area contributed by atoms with Gasteiger partial charge in [-0.05, 0) is 11.1 Å². The number of carbonyl (C=O) groups excluding carboxylic acids is 7. The Labute approximate surface area is 317 Å². The average molecular weight is 796 g/mol. The van der Waals surface area contributed by atoms with E-state index in [9.17, 15) is 33.6 Å². The minimum atomic E-state index is -1.57. The van der Waals surface area contributed by atoms with Gasteiger partial charge in [0.15, 0.2) is 21.6 Å². The molecule has 5 N–H and O–H groups in total. The summed E-state index contributed by atoms with van der Waals surface area (Å²) in [4.78, 5) is 93.6. The lowest BCUT2D eigenvalue weighted by Crippen LogP contribution is -2.74. The van der Waals surface area contributed by atoms with Gasteiger partial charge in [-0.15, -0.1) is 33.3 Å². The van der Waals surface area contributed by atoms with E-state index in [0.29, 0.717) is 10.7 Å². The van der Waals surface area contributed by atoms with Gasteiger partial charge < -0.3 is 25.6 Å². The van der Waals surface area contributed by atoms with Crippen LogP contribution in [0.25, 0.3) is 0 Å². The number of fused-ring (bicyclic) bond motifs is 1. The van der Waals surface area contributed by atoms with Crippen LogP contribution in [0.1, 0.15) is 29.0 Å². The van der Waals surface area contributed by atoms with Crippen LogP contribution in [0.15, 0.2) is 75.9 Å². The van der Waals surface area contributed by atoms with E-state index in [1.807, 2.05) is 71.5 Å². The molecule has 6 amide bonds. The lowest BCUT2D eigenvalue weighted by molar-refractivity contribution is -0.164. The predicted octanol–water partition coefficient (Wildman–Crippen LogP) is 1.01. The zero-order valence-corrected chi connectivity index (χ0v) is 30.5. The van der Waals surface area contributed by atoms with Crippen molar-refractivity contribution < 1.29 is 38.3 Å². The molecule has 17 nitrogen and oxygen atoms in total. The van der Waals surface area contributed by atoms with E-state index in [1.165, 1.54) is 45.1 Å². The SMILES string of the molecule is O=CNNC(=O)C(=O)NC(C(=O)NC1C(=O)N2CC(CSc3nncs3)(C(=O)OC(c3ccccc3)c3ccccc3)CS[C@H]12)c1csc(NC=O)n1. The molecule has 2 aromatic heterocycles. The molecule has 0 saturated carbocycles. The highest BCUT2D eigenvalue weighted by atomic mass is 32.2. The number of β-lactam (4-membered cyclic amide) rings is 1. The van der Waals surface area contributed by atoms with E-state index in [4.69, 9.17) is 4.74 Å². The number of amides is 6. The second-order valence-corrected chi connectivity index (χ2v) is 15.5. The van der Waals surface area contributed by atoms with Gasteiger partial charge >= 0.3 is 17.8 Å². The summed E-state index contributed by atoms with van der Waals surface area (Å²) in [5.41, 5.74) is 5.61. The first kappa shape index (κ1) is 37.4. The first-order valence-electron chi connectivity index (χ1n) is 15.6. The molecule has 2 fully saturated rings. The van der Waals surface area contributed by atoms with E-state index in [1.54, 1.807) is 5.51 Å². The van der Waals surface area contributed by atoms with Crippen LogP contribution in [0.3, 0.4) is 0 Å². The average Bonchev–Trinajstić information content (AvgIpc) is 3.89. The second kappa shape index (κ2) is 17.0. The third-order valence-electron chi connectivity index (χ3n) is 8.11. The number of nitrogens with one attached hydrogen (secondary N) is 5. The van der Waals surface area contributed by atoms with Gasteiger partial charge in [0.05, 0.1) is 5.69 Å². The summed E-state index contributed by atoms with van der Waals surface area (Å²) in [6, 6.07) is 16.1. The summed E-state index contributed by atoms with van der Waals surface area (Å²) in [5, 5.41) is 16.1. The van der Waals surface area contributed by atoms with Crippen molar-refractivity contribution >= 4 is 93.7 Å². The molecule has 274 valence electrons. The lowest BCUT2D eigenvalue weighted by atomic mass is 9.88. The van der Waals surface area contributed by atoms with Crippen molar-refractivity contribution in [2.24, 2.45) is 5.41 Å². The predicted molar refractivity (Wildman–Crippen MR) is 194 cm³/mol. The summed E-state index contributed by atoms with van der Waals surface area (Å²) in [6.45, 7) is -0.00626. The van der Waals surface area contributed by atoms with Gasteiger partial charge in [0.25, 0.3) is 0 Å². The second-order valence-electron chi connectivity index (χ2n) is 11.5. The normalized spacial score (nSPS) is 19.5. The van der Waals surface area contributed by atoms with Crippen molar-refractivity contribution in [2.45, 2.75) is 27.9 Å². The molecular weight excluding hydrogens is 767 g/mol. The zero-order chi connectivity index (χ0) is 37.4. The standard InChI is InChI=1S/C32H29N9O8S4/c42-15-33-30-36-20(11-50-30)21(37-25(45)26(46)39-34-16-43)24(44)38-22-27(47)41-12-32(13-51-28(22)41,14-52-31-40-35-17-53-31)29(48)49-23(18-7-3-1-4-8-18)19-9-5-2-6-10-19/h1-11,15-17,21-23,28H,12-14H2,(H,34,43)(H,37,45)(H,38,44)(H,39,46)(H,33,36,42)/t21?,22?,28-,32?/m1/s1. The number of ether oxygens (including phenoxy) is 1. The molecule has 53 heavy (non-hydrogen) atoms. The van der Waals surface area contributed by atoms with Gasteiger partial charge in [0.2, 0.25) is 24.6 Å². The number of esters is 1. The number of anilines is 1. The smallest absolute Gasteiger partial charge is 0.327 e. The van der Waals surface area contributed by atoms with Crippen LogP contribution in [0.5, 0.6) is 0 Å². The topological polar surface area (TPSA) is 231 Å².